The van der Waals surface area contributed by atoms with Crippen molar-refractivity contribution < 1.29 is 64.8 Å². The fourth-order valence-electron chi connectivity index (χ4n) is 6.34. The molecule has 54 heavy (non-hydrogen) atoms. The smallest absolute Gasteiger partial charge is 0.432 e. The summed E-state index contributed by atoms with van der Waals surface area (Å²) in [6.07, 6.45) is -5.92. The molecule has 14 heteroatoms. The average Bonchev–Trinajstić information content (AvgIpc) is 3.10. The van der Waals surface area contributed by atoms with Crippen LogP contribution in [0.3, 0.4) is 0 Å². The highest BCUT2D eigenvalue weighted by atomic mass is 19.4. The highest BCUT2D eigenvalue weighted by molar-refractivity contribution is 5.83. The normalized spacial score (nSPS) is 17.3. The Hall–Kier alpha value is -3.49. The van der Waals surface area contributed by atoms with Gasteiger partial charge in [0.05, 0.1) is 18.8 Å². The number of ether oxygens (including phenoxy) is 4. The van der Waals surface area contributed by atoms with Gasteiger partial charge in [-0.1, -0.05) is 101 Å². The Morgan fingerprint density at radius 2 is 1.07 bits per heavy atom. The summed E-state index contributed by atoms with van der Waals surface area (Å²) in [7, 11) is 1.60. The fraction of sp³-hybridized carbons (Fsp3) is 0.625. The number of halogens is 6. The lowest BCUT2D eigenvalue weighted by Gasteiger charge is -2.32. The summed E-state index contributed by atoms with van der Waals surface area (Å²) < 4.78 is 104. The van der Waals surface area contributed by atoms with Crippen molar-refractivity contribution in [2.45, 2.75) is 115 Å². The molecule has 0 amide bonds. The molecule has 0 saturated heterocycles. The molecule has 1 N–H and O–H groups in total. The standard InChI is InChI=1S/C40H54F6O8/c1-28(21-22-33(47)30(3)23-26-53-34(48)37(51-5,39(41,42)43)31-17-9-7-10-18-31)15-13-24-36(4,50)25-14-16-29(2)27-54-35(49)38(52-6,40(44,45)46)32-19-11-8-12-20-32/h7-12,17-20,28-30,50H,13-16,21-27H2,1-6H3. The van der Waals surface area contributed by atoms with Crippen LogP contribution in [-0.2, 0) is 44.5 Å². The number of carbonyl (C=O) groups excluding carboxylic acids is 3. The van der Waals surface area contributed by atoms with Gasteiger partial charge in [0.2, 0.25) is 0 Å². The number of hydrogen-bond donors (Lipinski definition) is 1. The minimum atomic E-state index is -5.09. The molecule has 0 bridgehead atoms. The third-order valence-corrected chi connectivity index (χ3v) is 9.89. The van der Waals surface area contributed by atoms with Crippen molar-refractivity contribution >= 4 is 17.7 Å². The van der Waals surface area contributed by atoms with Crippen LogP contribution in [0, 0.1) is 17.8 Å². The summed E-state index contributed by atoms with van der Waals surface area (Å²) in [5.74, 6) is -3.93. The van der Waals surface area contributed by atoms with Crippen LogP contribution >= 0.6 is 0 Å². The predicted molar refractivity (Wildman–Crippen MR) is 189 cm³/mol. The lowest BCUT2D eigenvalue weighted by Crippen LogP contribution is -2.52. The zero-order valence-corrected chi connectivity index (χ0v) is 31.9. The van der Waals surface area contributed by atoms with Crippen molar-refractivity contribution in [3.05, 3.63) is 71.8 Å². The van der Waals surface area contributed by atoms with E-state index in [-0.39, 0.29) is 42.6 Å². The van der Waals surface area contributed by atoms with Gasteiger partial charge < -0.3 is 24.1 Å². The molecule has 0 aliphatic carbocycles. The Labute approximate surface area is 313 Å². The Morgan fingerprint density at radius 1 is 0.648 bits per heavy atom. The molecule has 0 spiro atoms. The molecule has 0 aliphatic heterocycles. The molecule has 2 rings (SSSR count). The minimum Gasteiger partial charge on any atom is -0.463 e. The Bertz CT molecular complexity index is 1450. The lowest BCUT2D eigenvalue weighted by molar-refractivity contribution is -0.277. The Morgan fingerprint density at radius 3 is 1.50 bits per heavy atom. The van der Waals surface area contributed by atoms with Crippen LogP contribution < -0.4 is 0 Å². The first-order valence-electron chi connectivity index (χ1n) is 18.1. The van der Waals surface area contributed by atoms with Crippen LogP contribution in [0.15, 0.2) is 60.7 Å². The number of carbonyl (C=O) groups is 3. The third-order valence-electron chi connectivity index (χ3n) is 9.89. The predicted octanol–water partition coefficient (Wildman–Crippen LogP) is 9.02. The number of alkyl halides is 6. The van der Waals surface area contributed by atoms with Gasteiger partial charge in [-0.2, -0.15) is 26.3 Å². The van der Waals surface area contributed by atoms with E-state index in [0.717, 1.165) is 44.9 Å². The molecule has 8 nitrogen and oxygen atoms in total. The van der Waals surface area contributed by atoms with Gasteiger partial charge in [0.1, 0.15) is 5.78 Å². The van der Waals surface area contributed by atoms with Gasteiger partial charge >= 0.3 is 24.3 Å². The van der Waals surface area contributed by atoms with Crippen LogP contribution in [0.5, 0.6) is 0 Å². The van der Waals surface area contributed by atoms with Gasteiger partial charge in [-0.25, -0.2) is 9.59 Å². The van der Waals surface area contributed by atoms with Crippen molar-refractivity contribution in [3.63, 3.8) is 0 Å². The van der Waals surface area contributed by atoms with Crippen molar-refractivity contribution in [2.75, 3.05) is 27.4 Å². The molecule has 304 valence electrons. The molecule has 6 unspecified atom stereocenters. The number of rotatable bonds is 23. The third kappa shape index (κ3) is 12.3. The van der Waals surface area contributed by atoms with Crippen LogP contribution in [0.25, 0.3) is 0 Å². The largest absolute Gasteiger partial charge is 0.463 e. The van der Waals surface area contributed by atoms with Crippen LogP contribution in [0.1, 0.15) is 96.6 Å². The number of methoxy groups -OCH3 is 2. The number of Topliss-reactive ketones (excluding diaryl/α,β-unsaturated/α-hetero) is 1. The van der Waals surface area contributed by atoms with E-state index in [1.54, 1.807) is 20.8 Å². The Kier molecular flexibility index (Phi) is 17.7. The van der Waals surface area contributed by atoms with Gasteiger partial charge in [0.15, 0.2) is 0 Å². The molecule has 2 aromatic carbocycles. The first-order chi connectivity index (χ1) is 25.2. The number of hydrogen-bond acceptors (Lipinski definition) is 8. The minimum absolute atomic E-state index is 0.0461. The second-order valence-electron chi connectivity index (χ2n) is 14.4. The van der Waals surface area contributed by atoms with Crippen molar-refractivity contribution in [2.24, 2.45) is 17.8 Å². The maximum Gasteiger partial charge on any atom is 0.432 e. The highest BCUT2D eigenvalue weighted by Gasteiger charge is 2.65. The van der Waals surface area contributed by atoms with E-state index in [2.05, 4.69) is 0 Å². The second kappa shape index (κ2) is 20.4. The average molecular weight is 777 g/mol. The van der Waals surface area contributed by atoms with E-state index in [1.165, 1.54) is 36.4 Å². The quantitative estimate of drug-likeness (QED) is 0.0881. The SMILES string of the molecule is COC(C(=O)OCCC(C)C(=O)CCC(C)CCCC(C)(O)CCCC(C)COC(=O)C(OC)(c1ccccc1)C(F)(F)F)(c1ccccc1)C(F)(F)F. The summed E-state index contributed by atoms with van der Waals surface area (Å²) in [5.41, 5.74) is -8.34. The molecule has 0 radical (unpaired) electrons. The van der Waals surface area contributed by atoms with Crippen LogP contribution in [0.2, 0.25) is 0 Å². The molecular formula is C40H54F6O8. The monoisotopic (exact) mass is 776 g/mol. The van der Waals surface area contributed by atoms with E-state index in [9.17, 15) is 45.8 Å². The van der Waals surface area contributed by atoms with E-state index < -0.39 is 59.2 Å². The van der Waals surface area contributed by atoms with Gasteiger partial charge in [-0.3, -0.25) is 4.79 Å². The van der Waals surface area contributed by atoms with Crippen molar-refractivity contribution in [1.82, 2.24) is 0 Å². The Balaban J connectivity index is 1.72. The van der Waals surface area contributed by atoms with Crippen molar-refractivity contribution in [3.8, 4) is 0 Å². The van der Waals surface area contributed by atoms with E-state index in [4.69, 9.17) is 18.9 Å². The van der Waals surface area contributed by atoms with Crippen LogP contribution in [-0.4, -0.2) is 68.2 Å². The summed E-state index contributed by atoms with van der Waals surface area (Å²) in [5, 5.41) is 10.9. The molecule has 0 fully saturated rings. The van der Waals surface area contributed by atoms with E-state index >= 15 is 0 Å². The van der Waals surface area contributed by atoms with Gasteiger partial charge in [0, 0.05) is 37.7 Å². The van der Waals surface area contributed by atoms with E-state index in [0.29, 0.717) is 38.5 Å². The van der Waals surface area contributed by atoms with E-state index in [1.807, 2.05) is 6.92 Å². The molecule has 0 heterocycles. The maximum absolute atomic E-state index is 14.1. The number of ketones is 1. The molecule has 6 atom stereocenters. The summed E-state index contributed by atoms with van der Waals surface area (Å²) in [6.45, 7) is 6.42. The number of aliphatic hydroxyl groups is 1. The van der Waals surface area contributed by atoms with Gasteiger partial charge in [-0.15, -0.1) is 0 Å². The maximum atomic E-state index is 14.1. The van der Waals surface area contributed by atoms with Crippen molar-refractivity contribution in [1.29, 1.82) is 0 Å². The lowest BCUT2D eigenvalue weighted by atomic mass is 9.88. The zero-order valence-electron chi connectivity index (χ0n) is 31.9. The summed E-state index contributed by atoms with van der Waals surface area (Å²) >= 11 is 0. The number of esters is 2. The highest BCUT2D eigenvalue weighted by Crippen LogP contribution is 2.44. The molecule has 0 aliphatic rings. The van der Waals surface area contributed by atoms with Gasteiger partial charge in [-0.05, 0) is 50.9 Å². The van der Waals surface area contributed by atoms with Crippen LogP contribution in [0.4, 0.5) is 26.3 Å². The summed E-state index contributed by atoms with van der Waals surface area (Å²) in [6, 6.07) is 13.1. The number of benzene rings is 2. The second-order valence-corrected chi connectivity index (χ2v) is 14.4. The zero-order chi connectivity index (χ0) is 40.8. The van der Waals surface area contributed by atoms with Gasteiger partial charge in [0.25, 0.3) is 11.2 Å². The molecule has 0 aromatic heterocycles. The molecular weight excluding hydrogens is 722 g/mol. The topological polar surface area (TPSA) is 108 Å². The summed E-state index contributed by atoms with van der Waals surface area (Å²) in [4.78, 5) is 38.2. The first-order valence-corrected chi connectivity index (χ1v) is 18.1. The molecule has 0 saturated carbocycles. The fourth-order valence-corrected chi connectivity index (χ4v) is 6.34. The molecule has 2 aromatic rings. The first kappa shape index (κ1) is 46.7.